The lowest BCUT2D eigenvalue weighted by Crippen LogP contribution is -2.40. The molecule has 0 fully saturated rings. The van der Waals surface area contributed by atoms with Gasteiger partial charge in [0.2, 0.25) is 11.7 Å². The number of aromatic nitrogens is 4. The number of rotatable bonds is 6. The Kier molecular flexibility index (Phi) is 5.50. The van der Waals surface area contributed by atoms with E-state index in [-0.39, 0.29) is 28.8 Å². The summed E-state index contributed by atoms with van der Waals surface area (Å²) in [5.41, 5.74) is 0.232. The molecular weight excluding hydrogens is 411 g/mol. The van der Waals surface area contributed by atoms with Crippen molar-refractivity contribution in [2.45, 2.75) is 32.9 Å². The molecule has 30 heavy (non-hydrogen) atoms. The van der Waals surface area contributed by atoms with Gasteiger partial charge in [0.15, 0.2) is 0 Å². The van der Waals surface area contributed by atoms with Gasteiger partial charge >= 0.3 is 5.69 Å². The van der Waals surface area contributed by atoms with E-state index in [1.807, 2.05) is 6.92 Å². The van der Waals surface area contributed by atoms with Crippen LogP contribution in [0.3, 0.4) is 0 Å². The largest absolute Gasteiger partial charge is 0.337 e. The fourth-order valence-corrected chi connectivity index (χ4v) is 3.42. The van der Waals surface area contributed by atoms with Crippen molar-refractivity contribution in [3.8, 4) is 11.4 Å². The maximum Gasteiger partial charge on any atom is 0.331 e. The lowest BCUT2D eigenvalue weighted by Gasteiger charge is -2.12. The van der Waals surface area contributed by atoms with Gasteiger partial charge in [-0.25, -0.2) is 9.18 Å². The van der Waals surface area contributed by atoms with Gasteiger partial charge in [-0.1, -0.05) is 42.2 Å². The Morgan fingerprint density at radius 1 is 1.13 bits per heavy atom. The molecule has 0 N–H and O–H groups in total. The zero-order valence-electron chi connectivity index (χ0n) is 16.1. The Hall–Kier alpha value is -3.26. The minimum Gasteiger partial charge on any atom is -0.337 e. The molecule has 0 aliphatic heterocycles. The summed E-state index contributed by atoms with van der Waals surface area (Å²) in [4.78, 5) is 30.1. The van der Waals surface area contributed by atoms with E-state index in [1.54, 1.807) is 24.3 Å². The van der Waals surface area contributed by atoms with Crippen LogP contribution in [0.15, 0.2) is 56.6 Å². The number of para-hydroxylation sites is 1. The van der Waals surface area contributed by atoms with Gasteiger partial charge in [0.25, 0.3) is 5.56 Å². The average molecular weight is 429 g/mol. The van der Waals surface area contributed by atoms with Crippen LogP contribution in [-0.2, 0) is 13.1 Å². The van der Waals surface area contributed by atoms with Gasteiger partial charge in [-0.15, -0.1) is 0 Å². The van der Waals surface area contributed by atoms with Crippen molar-refractivity contribution in [2.75, 3.05) is 0 Å². The van der Waals surface area contributed by atoms with Gasteiger partial charge in [-0.3, -0.25) is 13.9 Å². The molecule has 0 bridgehead atoms. The molecule has 0 radical (unpaired) electrons. The molecule has 4 rings (SSSR count). The average Bonchev–Trinajstić information content (AvgIpc) is 3.22. The molecule has 2 heterocycles. The summed E-state index contributed by atoms with van der Waals surface area (Å²) in [5.74, 6) is -0.140. The highest BCUT2D eigenvalue weighted by atomic mass is 35.5. The first-order chi connectivity index (χ1) is 14.5. The maximum atomic E-state index is 13.4. The zero-order chi connectivity index (χ0) is 21.3. The van der Waals surface area contributed by atoms with Gasteiger partial charge in [0.05, 0.1) is 15.9 Å². The van der Waals surface area contributed by atoms with E-state index in [9.17, 15) is 14.0 Å². The highest BCUT2D eigenvalue weighted by Gasteiger charge is 2.16. The second-order valence-electron chi connectivity index (χ2n) is 6.84. The van der Waals surface area contributed by atoms with E-state index >= 15 is 0 Å². The van der Waals surface area contributed by atoms with Gasteiger partial charge in [-0.05, 0) is 36.8 Å². The summed E-state index contributed by atoms with van der Waals surface area (Å²) in [7, 11) is 0. The summed E-state index contributed by atoms with van der Waals surface area (Å²) in [6, 6.07) is 11.0. The van der Waals surface area contributed by atoms with Gasteiger partial charge in [-0.2, -0.15) is 4.98 Å². The first kappa shape index (κ1) is 20.0. The SMILES string of the molecule is CCCCn1c(=O)c2ccccc2n(Cc2nc(-c3ccc(F)c(Cl)c3)no2)c1=O. The fraction of sp³-hybridized carbons (Fsp3) is 0.238. The Balaban J connectivity index is 1.77. The molecule has 0 aliphatic carbocycles. The van der Waals surface area contributed by atoms with Crippen LogP contribution < -0.4 is 11.2 Å². The number of fused-ring (bicyclic) bond motifs is 1. The third-order valence-electron chi connectivity index (χ3n) is 4.81. The van der Waals surface area contributed by atoms with Crippen molar-refractivity contribution in [3.63, 3.8) is 0 Å². The number of halogens is 2. The number of hydrogen-bond acceptors (Lipinski definition) is 5. The van der Waals surface area contributed by atoms with Gasteiger partial charge < -0.3 is 4.52 Å². The molecule has 0 atom stereocenters. The Bertz CT molecular complexity index is 1340. The Morgan fingerprint density at radius 3 is 2.70 bits per heavy atom. The van der Waals surface area contributed by atoms with Crippen molar-refractivity contribution in [2.24, 2.45) is 0 Å². The van der Waals surface area contributed by atoms with Gasteiger partial charge in [0, 0.05) is 12.1 Å². The standard InChI is InChI=1S/C21H18ClFN4O3/c1-2-3-10-26-20(28)14-6-4-5-7-17(14)27(21(26)29)12-18-24-19(25-30-18)13-8-9-16(23)15(22)11-13/h4-9,11H,2-3,10,12H2,1H3. The summed E-state index contributed by atoms with van der Waals surface area (Å²) in [5, 5.41) is 4.29. The maximum absolute atomic E-state index is 13.4. The molecule has 0 saturated carbocycles. The van der Waals surface area contributed by atoms with Crippen LogP contribution in [0, 0.1) is 5.82 Å². The number of hydrogen-bond donors (Lipinski definition) is 0. The van der Waals surface area contributed by atoms with Crippen LogP contribution in [0.25, 0.3) is 22.3 Å². The van der Waals surface area contributed by atoms with Crippen molar-refractivity contribution < 1.29 is 8.91 Å². The molecule has 0 unspecified atom stereocenters. The quantitative estimate of drug-likeness (QED) is 0.465. The smallest absolute Gasteiger partial charge is 0.331 e. The van der Waals surface area contributed by atoms with Crippen molar-refractivity contribution in [3.05, 3.63) is 80.0 Å². The first-order valence-electron chi connectivity index (χ1n) is 9.50. The van der Waals surface area contributed by atoms with Crippen molar-refractivity contribution in [1.29, 1.82) is 0 Å². The molecule has 0 amide bonds. The minimum atomic E-state index is -0.545. The molecule has 2 aromatic heterocycles. The molecule has 0 saturated heterocycles. The number of unbranched alkanes of at least 4 members (excludes halogenated alkanes) is 1. The monoisotopic (exact) mass is 428 g/mol. The van der Waals surface area contributed by atoms with E-state index in [1.165, 1.54) is 27.3 Å². The lowest BCUT2D eigenvalue weighted by atomic mass is 10.2. The van der Waals surface area contributed by atoms with Crippen molar-refractivity contribution in [1.82, 2.24) is 19.3 Å². The van der Waals surface area contributed by atoms with Crippen LogP contribution in [0.5, 0.6) is 0 Å². The van der Waals surface area contributed by atoms with Crippen LogP contribution in [-0.4, -0.2) is 19.3 Å². The molecule has 0 aliphatic rings. The number of nitrogens with zero attached hydrogens (tertiary/aromatic N) is 4. The Morgan fingerprint density at radius 2 is 1.93 bits per heavy atom. The summed E-state index contributed by atoms with van der Waals surface area (Å²) >= 11 is 5.82. The third kappa shape index (κ3) is 3.66. The normalized spacial score (nSPS) is 11.3. The molecule has 2 aromatic carbocycles. The Labute approximate surface area is 175 Å². The van der Waals surface area contributed by atoms with E-state index < -0.39 is 11.5 Å². The summed E-state index contributed by atoms with van der Waals surface area (Å²) in [6.45, 7) is 2.32. The van der Waals surface area contributed by atoms with E-state index in [0.29, 0.717) is 29.4 Å². The highest BCUT2D eigenvalue weighted by Crippen LogP contribution is 2.23. The van der Waals surface area contributed by atoms with Gasteiger partial charge in [0.1, 0.15) is 12.4 Å². The molecule has 9 heteroatoms. The van der Waals surface area contributed by atoms with E-state index in [4.69, 9.17) is 16.1 Å². The molecule has 0 spiro atoms. The summed E-state index contributed by atoms with van der Waals surface area (Å²) in [6.07, 6.45) is 1.56. The zero-order valence-corrected chi connectivity index (χ0v) is 16.9. The second kappa shape index (κ2) is 8.23. The van der Waals surface area contributed by atoms with E-state index in [2.05, 4.69) is 10.1 Å². The fourth-order valence-electron chi connectivity index (χ4n) is 3.24. The second-order valence-corrected chi connectivity index (χ2v) is 7.24. The van der Waals surface area contributed by atoms with Crippen LogP contribution in [0.1, 0.15) is 25.7 Å². The summed E-state index contributed by atoms with van der Waals surface area (Å²) < 4.78 is 21.4. The first-order valence-corrected chi connectivity index (χ1v) is 9.87. The lowest BCUT2D eigenvalue weighted by molar-refractivity contribution is 0.369. The molecule has 4 aromatic rings. The predicted octanol–water partition coefficient (Wildman–Crippen LogP) is 3.85. The van der Waals surface area contributed by atoms with Crippen LogP contribution in [0.2, 0.25) is 5.02 Å². The molecule has 154 valence electrons. The molecular formula is C21H18ClFN4O3. The van der Waals surface area contributed by atoms with Crippen molar-refractivity contribution >= 4 is 22.5 Å². The highest BCUT2D eigenvalue weighted by molar-refractivity contribution is 6.31. The predicted molar refractivity (Wildman–Crippen MR) is 111 cm³/mol. The van der Waals surface area contributed by atoms with Crippen LogP contribution >= 0.6 is 11.6 Å². The van der Waals surface area contributed by atoms with Crippen LogP contribution in [0.4, 0.5) is 4.39 Å². The molecule has 7 nitrogen and oxygen atoms in total. The topological polar surface area (TPSA) is 82.9 Å². The minimum absolute atomic E-state index is 0.00627. The number of benzene rings is 2. The third-order valence-corrected chi connectivity index (χ3v) is 5.10. The van der Waals surface area contributed by atoms with E-state index in [0.717, 1.165) is 6.42 Å².